The van der Waals surface area contributed by atoms with Gasteiger partial charge < -0.3 is 5.73 Å². The summed E-state index contributed by atoms with van der Waals surface area (Å²) >= 11 is 1.53. The molecule has 0 aliphatic carbocycles. The van der Waals surface area contributed by atoms with E-state index in [0.717, 1.165) is 20.8 Å². The number of fused-ring (bicyclic) bond motifs is 1. The van der Waals surface area contributed by atoms with Gasteiger partial charge in [0.15, 0.2) is 0 Å². The van der Waals surface area contributed by atoms with E-state index in [1.807, 2.05) is 60.7 Å². The summed E-state index contributed by atoms with van der Waals surface area (Å²) in [6.07, 6.45) is 0. The number of para-hydroxylation sites is 1. The third-order valence-electron chi connectivity index (χ3n) is 2.94. The van der Waals surface area contributed by atoms with Gasteiger partial charge in [0, 0.05) is 15.8 Å². The van der Waals surface area contributed by atoms with Crippen molar-refractivity contribution in [3.05, 3.63) is 66.2 Å². The molecule has 3 rings (SSSR count). The normalized spacial score (nSPS) is 10.6. The van der Waals surface area contributed by atoms with Crippen molar-refractivity contribution in [1.82, 2.24) is 4.98 Å². The molecule has 0 aliphatic heterocycles. The van der Waals surface area contributed by atoms with Gasteiger partial charge in [-0.15, -0.1) is 0 Å². The van der Waals surface area contributed by atoms with Crippen molar-refractivity contribution >= 4 is 28.5 Å². The molecule has 20 heavy (non-hydrogen) atoms. The highest BCUT2D eigenvalue weighted by molar-refractivity contribution is 7.99. The Kier molecular flexibility index (Phi) is 3.39. The fourth-order valence-corrected chi connectivity index (χ4v) is 2.91. The van der Waals surface area contributed by atoms with Crippen LogP contribution in [0.4, 0.5) is 0 Å². The van der Waals surface area contributed by atoms with Crippen LogP contribution in [0.25, 0.3) is 10.9 Å². The molecule has 0 unspecified atom stereocenters. The SMILES string of the molecule is N=C(N)c1cc2ccccc2nc1Sc1ccccc1. The number of nitrogen functional groups attached to an aromatic ring is 1. The summed E-state index contributed by atoms with van der Waals surface area (Å²) in [4.78, 5) is 5.72. The largest absolute Gasteiger partial charge is 0.384 e. The standard InChI is InChI=1S/C16H13N3S/c17-15(18)13-10-11-6-4-5-9-14(11)19-16(13)20-12-7-2-1-3-8-12/h1-10H,(H3,17,18). The van der Waals surface area contributed by atoms with Gasteiger partial charge in [-0.1, -0.05) is 48.2 Å². The monoisotopic (exact) mass is 279 g/mol. The van der Waals surface area contributed by atoms with Crippen LogP contribution < -0.4 is 5.73 Å². The highest BCUT2D eigenvalue weighted by Gasteiger charge is 2.10. The first-order valence-corrected chi connectivity index (χ1v) is 7.03. The van der Waals surface area contributed by atoms with E-state index in [9.17, 15) is 0 Å². The maximum absolute atomic E-state index is 7.74. The zero-order valence-corrected chi connectivity index (χ0v) is 11.5. The highest BCUT2D eigenvalue weighted by Crippen LogP contribution is 2.30. The zero-order valence-electron chi connectivity index (χ0n) is 10.7. The van der Waals surface area contributed by atoms with E-state index < -0.39 is 0 Å². The number of benzene rings is 2. The first-order valence-electron chi connectivity index (χ1n) is 6.21. The number of nitrogens with two attached hydrogens (primary N) is 1. The lowest BCUT2D eigenvalue weighted by Gasteiger charge is -2.09. The summed E-state index contributed by atoms with van der Waals surface area (Å²) < 4.78 is 0. The summed E-state index contributed by atoms with van der Waals surface area (Å²) in [6, 6.07) is 19.8. The Bertz CT molecular complexity index is 769. The van der Waals surface area contributed by atoms with E-state index >= 15 is 0 Å². The van der Waals surface area contributed by atoms with Crippen molar-refractivity contribution in [3.63, 3.8) is 0 Å². The Morgan fingerprint density at radius 2 is 1.70 bits per heavy atom. The molecule has 0 amide bonds. The Hall–Kier alpha value is -2.33. The smallest absolute Gasteiger partial charge is 0.125 e. The average molecular weight is 279 g/mol. The molecule has 3 aromatic rings. The molecule has 0 saturated carbocycles. The molecule has 0 atom stereocenters. The van der Waals surface area contributed by atoms with E-state index in [1.54, 1.807) is 0 Å². The van der Waals surface area contributed by atoms with E-state index in [1.165, 1.54) is 11.8 Å². The predicted octanol–water partition coefficient (Wildman–Crippen LogP) is 3.67. The summed E-state index contributed by atoms with van der Waals surface area (Å²) in [6.45, 7) is 0. The summed E-state index contributed by atoms with van der Waals surface area (Å²) in [7, 11) is 0. The molecular formula is C16H13N3S. The molecule has 0 fully saturated rings. The topological polar surface area (TPSA) is 62.8 Å². The Labute approximate surface area is 121 Å². The van der Waals surface area contributed by atoms with Crippen LogP contribution in [0.2, 0.25) is 0 Å². The molecule has 0 spiro atoms. The second-order valence-electron chi connectivity index (χ2n) is 4.36. The summed E-state index contributed by atoms with van der Waals surface area (Å²) in [5, 5.41) is 9.50. The van der Waals surface area contributed by atoms with Gasteiger partial charge >= 0.3 is 0 Å². The van der Waals surface area contributed by atoms with Crippen molar-refractivity contribution in [3.8, 4) is 0 Å². The van der Waals surface area contributed by atoms with Crippen LogP contribution in [0, 0.1) is 5.41 Å². The fourth-order valence-electron chi connectivity index (χ4n) is 1.97. The van der Waals surface area contributed by atoms with Crippen LogP contribution >= 0.6 is 11.8 Å². The van der Waals surface area contributed by atoms with Gasteiger partial charge in [0.2, 0.25) is 0 Å². The minimum absolute atomic E-state index is 0.0432. The Morgan fingerprint density at radius 1 is 1.00 bits per heavy atom. The van der Waals surface area contributed by atoms with Crippen molar-refractivity contribution < 1.29 is 0 Å². The van der Waals surface area contributed by atoms with Gasteiger partial charge in [0.1, 0.15) is 10.9 Å². The number of rotatable bonds is 3. The zero-order chi connectivity index (χ0) is 13.9. The highest BCUT2D eigenvalue weighted by atomic mass is 32.2. The van der Waals surface area contributed by atoms with Crippen LogP contribution in [0.1, 0.15) is 5.56 Å². The van der Waals surface area contributed by atoms with Crippen molar-refractivity contribution in [2.75, 3.05) is 0 Å². The van der Waals surface area contributed by atoms with Crippen molar-refractivity contribution in [2.24, 2.45) is 5.73 Å². The van der Waals surface area contributed by atoms with Gasteiger partial charge in [-0.25, -0.2) is 4.98 Å². The molecule has 1 aromatic heterocycles. The molecule has 98 valence electrons. The number of nitrogens with zero attached hydrogens (tertiary/aromatic N) is 1. The maximum Gasteiger partial charge on any atom is 0.125 e. The number of hydrogen-bond donors (Lipinski definition) is 2. The maximum atomic E-state index is 7.74. The number of nitrogens with one attached hydrogen (secondary N) is 1. The molecule has 4 heteroatoms. The predicted molar refractivity (Wildman–Crippen MR) is 83.3 cm³/mol. The van der Waals surface area contributed by atoms with E-state index in [4.69, 9.17) is 11.1 Å². The van der Waals surface area contributed by atoms with Crippen LogP contribution in [0.5, 0.6) is 0 Å². The lowest BCUT2D eigenvalue weighted by molar-refractivity contribution is 1.16. The van der Waals surface area contributed by atoms with Crippen molar-refractivity contribution in [2.45, 2.75) is 9.92 Å². The Balaban J connectivity index is 2.12. The van der Waals surface area contributed by atoms with Crippen molar-refractivity contribution in [1.29, 1.82) is 5.41 Å². The molecule has 0 radical (unpaired) electrons. The molecular weight excluding hydrogens is 266 g/mol. The molecule has 3 N–H and O–H groups in total. The third-order valence-corrected chi connectivity index (χ3v) is 3.95. The van der Waals surface area contributed by atoms with Gasteiger partial charge in [0.25, 0.3) is 0 Å². The molecule has 2 aromatic carbocycles. The lowest BCUT2D eigenvalue weighted by atomic mass is 10.1. The number of amidine groups is 1. The van der Waals surface area contributed by atoms with Gasteiger partial charge in [0.05, 0.1) is 5.52 Å². The van der Waals surface area contributed by atoms with E-state index in [2.05, 4.69) is 4.98 Å². The average Bonchev–Trinajstić information content (AvgIpc) is 2.47. The van der Waals surface area contributed by atoms with E-state index in [0.29, 0.717) is 5.56 Å². The summed E-state index contributed by atoms with van der Waals surface area (Å²) in [5.41, 5.74) is 7.28. The number of aromatic nitrogens is 1. The van der Waals surface area contributed by atoms with Gasteiger partial charge in [-0.2, -0.15) is 0 Å². The molecule has 1 heterocycles. The molecule has 0 aliphatic rings. The third kappa shape index (κ3) is 2.51. The Morgan fingerprint density at radius 3 is 2.45 bits per heavy atom. The first kappa shape index (κ1) is 12.7. The van der Waals surface area contributed by atoms with Crippen LogP contribution in [0.15, 0.2) is 70.6 Å². The summed E-state index contributed by atoms with van der Waals surface area (Å²) in [5.74, 6) is 0.0432. The van der Waals surface area contributed by atoms with Gasteiger partial charge in [-0.05, 0) is 24.3 Å². The number of hydrogen-bond acceptors (Lipinski definition) is 3. The minimum Gasteiger partial charge on any atom is -0.384 e. The minimum atomic E-state index is 0.0432. The first-order chi connectivity index (χ1) is 9.74. The fraction of sp³-hybridized carbons (Fsp3) is 0. The second-order valence-corrected chi connectivity index (χ2v) is 5.42. The molecule has 0 saturated heterocycles. The number of pyridine rings is 1. The molecule has 0 bridgehead atoms. The lowest BCUT2D eigenvalue weighted by Crippen LogP contribution is -2.13. The second kappa shape index (κ2) is 5.35. The molecule has 3 nitrogen and oxygen atoms in total. The van der Waals surface area contributed by atoms with Crippen LogP contribution in [-0.4, -0.2) is 10.8 Å². The van der Waals surface area contributed by atoms with Crippen LogP contribution in [-0.2, 0) is 0 Å². The van der Waals surface area contributed by atoms with Gasteiger partial charge in [-0.3, -0.25) is 5.41 Å². The van der Waals surface area contributed by atoms with E-state index in [-0.39, 0.29) is 5.84 Å². The quantitative estimate of drug-likeness (QED) is 0.568. The van der Waals surface area contributed by atoms with Crippen LogP contribution in [0.3, 0.4) is 0 Å².